The van der Waals surface area contributed by atoms with Gasteiger partial charge in [-0.1, -0.05) is 103 Å². The molecule has 0 radical (unpaired) electrons. The summed E-state index contributed by atoms with van der Waals surface area (Å²) in [6.07, 6.45) is 0. The molecule has 0 aromatic heterocycles. The summed E-state index contributed by atoms with van der Waals surface area (Å²) in [6.45, 7) is 8.07. The van der Waals surface area contributed by atoms with E-state index < -0.39 is 30.4 Å². The van der Waals surface area contributed by atoms with Gasteiger partial charge in [-0.2, -0.15) is 0 Å². The standard InChI is InChI=1S/C32H29BO2/c1-31(2)32(3,4)35-33(34-31)24-14-9-13-23(21-24)26-19-20-30(29-17-8-7-16-27(26)29)28-18-10-12-22-11-5-6-15-25(22)28/h5-21H,1-4H3/i5D,6D,10D,11D,12D,15D,18D. The van der Waals surface area contributed by atoms with Gasteiger partial charge in [0.1, 0.15) is 0 Å². The maximum atomic E-state index is 8.84. The van der Waals surface area contributed by atoms with Gasteiger partial charge in [0.2, 0.25) is 0 Å². The van der Waals surface area contributed by atoms with Crippen LogP contribution in [0.1, 0.15) is 37.3 Å². The average molecular weight is 463 g/mol. The Bertz CT molecular complexity index is 1910. The largest absolute Gasteiger partial charge is 0.494 e. The van der Waals surface area contributed by atoms with Crippen LogP contribution in [0, 0.1) is 0 Å². The summed E-state index contributed by atoms with van der Waals surface area (Å²) in [6, 6.07) is 16.8. The highest BCUT2D eigenvalue weighted by Crippen LogP contribution is 2.39. The van der Waals surface area contributed by atoms with Gasteiger partial charge in [-0.3, -0.25) is 0 Å². The molecule has 35 heavy (non-hydrogen) atoms. The van der Waals surface area contributed by atoms with E-state index in [1.165, 1.54) is 0 Å². The van der Waals surface area contributed by atoms with Crippen LogP contribution in [0.4, 0.5) is 0 Å². The maximum Gasteiger partial charge on any atom is 0.494 e. The summed E-state index contributed by atoms with van der Waals surface area (Å²) in [7, 11) is -0.521. The second-order valence-electron chi connectivity index (χ2n) is 9.92. The zero-order valence-electron chi connectivity index (χ0n) is 27.2. The zero-order chi connectivity index (χ0) is 30.3. The Balaban J connectivity index is 1.58. The van der Waals surface area contributed by atoms with Gasteiger partial charge >= 0.3 is 7.12 Å². The topological polar surface area (TPSA) is 18.5 Å². The lowest BCUT2D eigenvalue weighted by atomic mass is 9.77. The van der Waals surface area contributed by atoms with E-state index in [0.29, 0.717) is 5.56 Å². The maximum absolute atomic E-state index is 8.84. The fourth-order valence-electron chi connectivity index (χ4n) is 4.62. The molecule has 1 aliphatic rings. The normalized spacial score (nSPS) is 19.5. The van der Waals surface area contributed by atoms with Crippen molar-refractivity contribution < 1.29 is 18.9 Å². The molecule has 1 aliphatic heterocycles. The Kier molecular flexibility index (Phi) is 3.60. The molecular weight excluding hydrogens is 427 g/mol. The van der Waals surface area contributed by atoms with Crippen molar-refractivity contribution in [2.45, 2.75) is 38.9 Å². The van der Waals surface area contributed by atoms with Gasteiger partial charge in [0.15, 0.2) is 0 Å². The molecule has 5 aromatic carbocycles. The van der Waals surface area contributed by atoms with E-state index in [2.05, 4.69) is 0 Å². The van der Waals surface area contributed by atoms with Gasteiger partial charge in [-0.25, -0.2) is 0 Å². The molecule has 0 amide bonds. The van der Waals surface area contributed by atoms with E-state index in [0.717, 1.165) is 27.4 Å². The van der Waals surface area contributed by atoms with Crippen molar-refractivity contribution in [3.05, 3.63) is 103 Å². The lowest BCUT2D eigenvalue weighted by Crippen LogP contribution is -2.41. The van der Waals surface area contributed by atoms with Crippen LogP contribution in [-0.4, -0.2) is 18.3 Å². The molecular formula is C32H29BO2. The minimum absolute atomic E-state index is 0.0553. The molecule has 0 bridgehead atoms. The Morgan fingerprint density at radius 2 is 1.29 bits per heavy atom. The lowest BCUT2D eigenvalue weighted by molar-refractivity contribution is 0.00578. The Morgan fingerprint density at radius 3 is 2.06 bits per heavy atom. The molecule has 1 saturated heterocycles. The van der Waals surface area contributed by atoms with Crippen molar-refractivity contribution in [3.8, 4) is 22.3 Å². The van der Waals surface area contributed by atoms with Gasteiger partial charge < -0.3 is 9.31 Å². The monoisotopic (exact) mass is 463 g/mol. The van der Waals surface area contributed by atoms with Crippen LogP contribution in [0.2, 0.25) is 0 Å². The third-order valence-corrected chi connectivity index (χ3v) is 7.23. The van der Waals surface area contributed by atoms with E-state index >= 15 is 0 Å². The number of hydrogen-bond donors (Lipinski definition) is 0. The molecule has 0 atom stereocenters. The average Bonchev–Trinajstić information content (AvgIpc) is 3.19. The molecule has 0 aliphatic carbocycles. The SMILES string of the molecule is [2H]c1c([2H])c([2H])c2c(-c3ccc(-c4cccc(B5OC(C)(C)C(C)(C)O5)c4)c4ccccc34)c([2H])c([2H])c([2H])c2c1[2H]. The van der Waals surface area contributed by atoms with Gasteiger partial charge in [0.25, 0.3) is 0 Å². The van der Waals surface area contributed by atoms with E-state index in [1.54, 1.807) is 0 Å². The number of benzene rings is 5. The van der Waals surface area contributed by atoms with Crippen molar-refractivity contribution in [2.75, 3.05) is 0 Å². The lowest BCUT2D eigenvalue weighted by Gasteiger charge is -2.32. The van der Waals surface area contributed by atoms with Crippen molar-refractivity contribution in [1.29, 1.82) is 0 Å². The summed E-state index contributed by atoms with van der Waals surface area (Å²) < 4.78 is 71.9. The minimum atomic E-state index is -0.521. The fraction of sp³-hybridized carbons (Fsp3) is 0.188. The first-order valence-electron chi connectivity index (χ1n) is 15.2. The molecule has 6 rings (SSSR count). The molecule has 1 heterocycles. The highest BCUT2D eigenvalue weighted by Gasteiger charge is 2.51. The summed E-state index contributed by atoms with van der Waals surface area (Å²) in [4.78, 5) is 0. The second kappa shape index (κ2) is 8.08. The highest BCUT2D eigenvalue weighted by molar-refractivity contribution is 6.62. The highest BCUT2D eigenvalue weighted by atomic mass is 16.7. The first-order valence-corrected chi connectivity index (χ1v) is 11.7. The van der Waals surface area contributed by atoms with Crippen molar-refractivity contribution in [1.82, 2.24) is 0 Å². The van der Waals surface area contributed by atoms with Crippen LogP contribution in [0.3, 0.4) is 0 Å². The number of rotatable bonds is 3. The molecule has 2 nitrogen and oxygen atoms in total. The molecule has 0 spiro atoms. The Labute approximate surface area is 217 Å². The van der Waals surface area contributed by atoms with Crippen LogP contribution in [-0.2, 0) is 9.31 Å². The third kappa shape index (κ3) is 3.67. The van der Waals surface area contributed by atoms with Crippen molar-refractivity contribution in [3.63, 3.8) is 0 Å². The summed E-state index contributed by atoms with van der Waals surface area (Å²) in [5.41, 5.74) is 2.58. The zero-order valence-corrected chi connectivity index (χ0v) is 20.2. The van der Waals surface area contributed by atoms with Gasteiger partial charge in [0.05, 0.1) is 20.8 Å². The molecule has 172 valence electrons. The van der Waals surface area contributed by atoms with E-state index in [4.69, 9.17) is 18.9 Å². The van der Waals surface area contributed by atoms with E-state index in [-0.39, 0.29) is 46.5 Å². The molecule has 5 aromatic rings. The first kappa shape index (κ1) is 15.6. The fourth-order valence-corrected chi connectivity index (χ4v) is 4.62. The summed E-state index contributed by atoms with van der Waals surface area (Å²) in [5, 5.41) is 1.65. The summed E-state index contributed by atoms with van der Waals surface area (Å²) >= 11 is 0. The third-order valence-electron chi connectivity index (χ3n) is 7.23. The Hall–Kier alpha value is -3.40. The summed E-state index contributed by atoms with van der Waals surface area (Å²) in [5.74, 6) is 0. The van der Waals surface area contributed by atoms with Crippen molar-refractivity contribution in [2.24, 2.45) is 0 Å². The number of fused-ring (bicyclic) bond motifs is 2. The molecule has 0 N–H and O–H groups in total. The van der Waals surface area contributed by atoms with Crippen LogP contribution in [0.5, 0.6) is 0 Å². The second-order valence-corrected chi connectivity index (χ2v) is 9.92. The number of hydrogen-bond acceptors (Lipinski definition) is 2. The van der Waals surface area contributed by atoms with Gasteiger partial charge in [-0.15, -0.1) is 0 Å². The Morgan fingerprint density at radius 1 is 0.629 bits per heavy atom. The van der Waals surface area contributed by atoms with Gasteiger partial charge in [0, 0.05) is 0 Å². The van der Waals surface area contributed by atoms with Gasteiger partial charge in [-0.05, 0) is 77.0 Å². The first-order chi connectivity index (χ1) is 19.7. The predicted octanol–water partition coefficient (Wildman–Crippen LogP) is 7.63. The minimum Gasteiger partial charge on any atom is -0.399 e. The van der Waals surface area contributed by atoms with E-state index in [9.17, 15) is 0 Å². The van der Waals surface area contributed by atoms with Crippen molar-refractivity contribution >= 4 is 34.1 Å². The van der Waals surface area contributed by atoms with Crippen LogP contribution < -0.4 is 5.46 Å². The molecule has 3 heteroatoms. The van der Waals surface area contributed by atoms with Crippen LogP contribution in [0.25, 0.3) is 43.8 Å². The van der Waals surface area contributed by atoms with E-state index in [1.807, 2.05) is 88.4 Å². The smallest absolute Gasteiger partial charge is 0.399 e. The predicted molar refractivity (Wildman–Crippen MR) is 148 cm³/mol. The molecule has 0 saturated carbocycles. The molecule has 1 fully saturated rings. The quantitative estimate of drug-likeness (QED) is 0.256. The van der Waals surface area contributed by atoms with Crippen LogP contribution >= 0.6 is 0 Å². The van der Waals surface area contributed by atoms with Crippen LogP contribution in [0.15, 0.2) is 103 Å². The molecule has 0 unspecified atom stereocenters.